The minimum Gasteiger partial charge on any atom is -0.480 e. The van der Waals surface area contributed by atoms with E-state index in [0.717, 1.165) is 5.56 Å². The summed E-state index contributed by atoms with van der Waals surface area (Å²) >= 11 is 0. The van der Waals surface area contributed by atoms with Gasteiger partial charge in [0, 0.05) is 6.54 Å². The maximum Gasteiger partial charge on any atom is 0.408 e. The summed E-state index contributed by atoms with van der Waals surface area (Å²) in [7, 11) is 3.46. The molecule has 19 heavy (non-hydrogen) atoms. The fourth-order valence-electron chi connectivity index (χ4n) is 1.46. The second-order valence-electron chi connectivity index (χ2n) is 4.36. The lowest BCUT2D eigenvalue weighted by molar-refractivity contribution is -0.139. The van der Waals surface area contributed by atoms with Crippen LogP contribution in [0.15, 0.2) is 30.3 Å². The molecule has 1 aromatic carbocycles. The lowest BCUT2D eigenvalue weighted by atomic mass is 10.2. The molecule has 1 amide bonds. The van der Waals surface area contributed by atoms with Crippen molar-refractivity contribution in [1.29, 1.82) is 0 Å². The molecule has 0 aromatic heterocycles. The molecule has 0 fully saturated rings. The summed E-state index contributed by atoms with van der Waals surface area (Å²) in [4.78, 5) is 24.1. The molecular weight excluding hydrogens is 248 g/mol. The Bertz CT molecular complexity index is 420. The quantitative estimate of drug-likeness (QED) is 0.800. The van der Waals surface area contributed by atoms with Crippen molar-refractivity contribution in [3.05, 3.63) is 35.9 Å². The lowest BCUT2D eigenvalue weighted by Crippen LogP contribution is -2.47. The molecule has 0 aliphatic rings. The van der Waals surface area contributed by atoms with Crippen molar-refractivity contribution < 1.29 is 19.4 Å². The summed E-state index contributed by atoms with van der Waals surface area (Å²) in [6.45, 7) is 0.316. The molecule has 0 aliphatic heterocycles. The second-order valence-corrected chi connectivity index (χ2v) is 4.36. The molecule has 104 valence electrons. The van der Waals surface area contributed by atoms with Gasteiger partial charge in [0.15, 0.2) is 0 Å². The van der Waals surface area contributed by atoms with Crippen molar-refractivity contribution in [3.63, 3.8) is 0 Å². The second kappa shape index (κ2) is 7.38. The van der Waals surface area contributed by atoms with Crippen LogP contribution in [0.1, 0.15) is 5.56 Å². The Kier molecular flexibility index (Phi) is 5.81. The smallest absolute Gasteiger partial charge is 0.408 e. The molecule has 0 radical (unpaired) electrons. The van der Waals surface area contributed by atoms with E-state index >= 15 is 0 Å². The number of carbonyl (C=O) groups excluding carboxylic acids is 1. The van der Waals surface area contributed by atoms with Crippen molar-refractivity contribution >= 4 is 12.1 Å². The summed E-state index contributed by atoms with van der Waals surface area (Å²) < 4.78 is 4.96. The highest BCUT2D eigenvalue weighted by molar-refractivity contribution is 5.80. The van der Waals surface area contributed by atoms with Gasteiger partial charge >= 0.3 is 12.1 Å². The molecule has 6 heteroatoms. The number of hydrogen-bond donors (Lipinski definition) is 2. The first-order chi connectivity index (χ1) is 8.99. The summed E-state index contributed by atoms with van der Waals surface area (Å²) in [5.74, 6) is -1.09. The van der Waals surface area contributed by atoms with Crippen molar-refractivity contribution in [2.75, 3.05) is 20.6 Å². The molecule has 1 atom stereocenters. The zero-order valence-electron chi connectivity index (χ0n) is 11.0. The van der Waals surface area contributed by atoms with Gasteiger partial charge in [-0.05, 0) is 19.7 Å². The number of rotatable bonds is 6. The van der Waals surface area contributed by atoms with Gasteiger partial charge < -0.3 is 20.1 Å². The zero-order valence-corrected chi connectivity index (χ0v) is 11.0. The van der Waals surface area contributed by atoms with Gasteiger partial charge in [-0.2, -0.15) is 0 Å². The van der Waals surface area contributed by atoms with Crippen LogP contribution in [0.25, 0.3) is 0 Å². The minimum absolute atomic E-state index is 0.112. The largest absolute Gasteiger partial charge is 0.480 e. The van der Waals surface area contributed by atoms with Gasteiger partial charge in [0.2, 0.25) is 0 Å². The molecule has 0 spiro atoms. The van der Waals surface area contributed by atoms with Gasteiger partial charge in [0.05, 0.1) is 0 Å². The summed E-state index contributed by atoms with van der Waals surface area (Å²) in [5, 5.41) is 11.3. The highest BCUT2D eigenvalue weighted by atomic mass is 16.5. The Labute approximate surface area is 112 Å². The summed E-state index contributed by atoms with van der Waals surface area (Å²) in [6.07, 6.45) is -0.738. The molecule has 0 aliphatic carbocycles. The lowest BCUT2D eigenvalue weighted by Gasteiger charge is -2.18. The number of alkyl carbamates (subject to hydrolysis) is 1. The number of nitrogens with zero attached hydrogens (tertiary/aromatic N) is 1. The van der Waals surface area contributed by atoms with Gasteiger partial charge in [-0.3, -0.25) is 0 Å². The third-order valence-electron chi connectivity index (χ3n) is 2.35. The molecule has 6 nitrogen and oxygen atoms in total. The van der Waals surface area contributed by atoms with E-state index < -0.39 is 18.1 Å². The third-order valence-corrected chi connectivity index (χ3v) is 2.35. The van der Waals surface area contributed by atoms with E-state index in [4.69, 9.17) is 9.84 Å². The number of ether oxygens (including phenoxy) is 1. The average Bonchev–Trinajstić information content (AvgIpc) is 2.36. The molecule has 1 aromatic rings. The molecule has 0 bridgehead atoms. The van der Waals surface area contributed by atoms with Crippen LogP contribution in [0, 0.1) is 0 Å². The Morgan fingerprint density at radius 3 is 2.47 bits per heavy atom. The third kappa shape index (κ3) is 5.87. The van der Waals surface area contributed by atoms with E-state index in [1.165, 1.54) is 0 Å². The van der Waals surface area contributed by atoms with Crippen LogP contribution >= 0.6 is 0 Å². The SMILES string of the molecule is CN(C)C[C@H](NC(=O)OCc1ccccc1)C(=O)O. The highest BCUT2D eigenvalue weighted by Gasteiger charge is 2.21. The van der Waals surface area contributed by atoms with Crippen LogP contribution < -0.4 is 5.32 Å². The molecule has 0 heterocycles. The predicted molar refractivity (Wildman–Crippen MR) is 69.7 cm³/mol. The van der Waals surface area contributed by atoms with E-state index in [0.29, 0.717) is 0 Å². The number of hydrogen-bond acceptors (Lipinski definition) is 4. The number of carboxylic acid groups (broad SMARTS) is 1. The highest BCUT2D eigenvalue weighted by Crippen LogP contribution is 2.01. The Balaban J connectivity index is 2.42. The first kappa shape index (κ1) is 15.0. The van der Waals surface area contributed by atoms with Crippen LogP contribution in [-0.4, -0.2) is 48.8 Å². The van der Waals surface area contributed by atoms with E-state index in [9.17, 15) is 9.59 Å². The summed E-state index contributed by atoms with van der Waals surface area (Å²) in [6, 6.07) is 8.19. The standard InChI is InChI=1S/C13H18N2O4/c1-15(2)8-11(12(16)17)14-13(18)19-9-10-6-4-3-5-7-10/h3-7,11H,8-9H2,1-2H3,(H,14,18)(H,16,17)/t11-/m0/s1. The van der Waals surface area contributed by atoms with Crippen molar-refractivity contribution in [1.82, 2.24) is 10.2 Å². The normalized spacial score (nSPS) is 11.9. The van der Waals surface area contributed by atoms with Crippen molar-refractivity contribution in [3.8, 4) is 0 Å². The first-order valence-electron chi connectivity index (χ1n) is 5.84. The number of benzene rings is 1. The number of nitrogens with one attached hydrogen (secondary N) is 1. The number of amides is 1. The van der Waals surface area contributed by atoms with Crippen LogP contribution in [0.3, 0.4) is 0 Å². The van der Waals surface area contributed by atoms with Crippen LogP contribution in [0.5, 0.6) is 0 Å². The number of aliphatic carboxylic acids is 1. The van der Waals surface area contributed by atoms with Gasteiger partial charge in [0.1, 0.15) is 12.6 Å². The molecule has 0 saturated carbocycles. The van der Waals surface area contributed by atoms with E-state index in [2.05, 4.69) is 5.32 Å². The molecule has 2 N–H and O–H groups in total. The zero-order chi connectivity index (χ0) is 14.3. The number of likely N-dealkylation sites (N-methyl/N-ethyl adjacent to an activating group) is 1. The predicted octanol–water partition coefficient (Wildman–Crippen LogP) is 0.928. The molecule has 0 unspecified atom stereocenters. The first-order valence-corrected chi connectivity index (χ1v) is 5.84. The Morgan fingerprint density at radius 1 is 1.32 bits per heavy atom. The van der Waals surface area contributed by atoms with Gasteiger partial charge in [-0.1, -0.05) is 30.3 Å². The fraction of sp³-hybridized carbons (Fsp3) is 0.385. The average molecular weight is 266 g/mol. The van der Waals surface area contributed by atoms with E-state index in [1.54, 1.807) is 19.0 Å². The van der Waals surface area contributed by atoms with Gasteiger partial charge in [-0.25, -0.2) is 9.59 Å². The van der Waals surface area contributed by atoms with Gasteiger partial charge in [-0.15, -0.1) is 0 Å². The Hall–Kier alpha value is -2.08. The summed E-state index contributed by atoms with van der Waals surface area (Å²) in [5.41, 5.74) is 0.845. The number of carboxylic acids is 1. The molecule has 1 rings (SSSR count). The van der Waals surface area contributed by atoms with Crippen molar-refractivity contribution in [2.45, 2.75) is 12.6 Å². The maximum atomic E-state index is 11.5. The number of carbonyl (C=O) groups is 2. The van der Waals surface area contributed by atoms with Crippen LogP contribution in [-0.2, 0) is 16.1 Å². The molecular formula is C13H18N2O4. The maximum absolute atomic E-state index is 11.5. The van der Waals surface area contributed by atoms with Crippen LogP contribution in [0.2, 0.25) is 0 Å². The monoisotopic (exact) mass is 266 g/mol. The molecule has 0 saturated heterocycles. The fourth-order valence-corrected chi connectivity index (χ4v) is 1.46. The minimum atomic E-state index is -1.09. The van der Waals surface area contributed by atoms with E-state index in [-0.39, 0.29) is 13.2 Å². The Morgan fingerprint density at radius 2 is 1.95 bits per heavy atom. The van der Waals surface area contributed by atoms with Gasteiger partial charge in [0.25, 0.3) is 0 Å². The topological polar surface area (TPSA) is 78.9 Å². The van der Waals surface area contributed by atoms with E-state index in [1.807, 2.05) is 30.3 Å². The van der Waals surface area contributed by atoms with Crippen molar-refractivity contribution in [2.24, 2.45) is 0 Å². The van der Waals surface area contributed by atoms with Crippen LogP contribution in [0.4, 0.5) is 4.79 Å².